The molecule has 160 valence electrons. The van der Waals surface area contributed by atoms with Crippen LogP contribution in [0.25, 0.3) is 11.2 Å². The van der Waals surface area contributed by atoms with E-state index < -0.39 is 23.1 Å². The quantitative estimate of drug-likeness (QED) is 0.576. The first-order valence-electron chi connectivity index (χ1n) is 9.83. The van der Waals surface area contributed by atoms with Crippen molar-refractivity contribution in [2.24, 2.45) is 0 Å². The zero-order valence-corrected chi connectivity index (χ0v) is 16.2. The lowest BCUT2D eigenvalue weighted by molar-refractivity contribution is -0.140. The van der Waals surface area contributed by atoms with E-state index in [2.05, 4.69) is 15.0 Å². The molecule has 6 nitrogen and oxygen atoms in total. The summed E-state index contributed by atoms with van der Waals surface area (Å²) in [6, 6.07) is 2.10. The molecular formula is C20H20F4N4O2. The van der Waals surface area contributed by atoms with E-state index in [4.69, 9.17) is 4.74 Å². The summed E-state index contributed by atoms with van der Waals surface area (Å²) in [4.78, 5) is 24.8. The number of H-pyrrole nitrogens is 1. The molecule has 0 spiro atoms. The molecule has 10 heteroatoms. The van der Waals surface area contributed by atoms with Gasteiger partial charge in [0, 0.05) is 12.5 Å². The average Bonchev–Trinajstić information content (AvgIpc) is 3.35. The summed E-state index contributed by atoms with van der Waals surface area (Å²) in [6.07, 6.45) is -0.164. The highest BCUT2D eigenvalue weighted by molar-refractivity contribution is 5.70. The zero-order valence-electron chi connectivity index (χ0n) is 16.2. The Bertz CT molecular complexity index is 1130. The molecule has 1 aliphatic carbocycles. The van der Waals surface area contributed by atoms with Gasteiger partial charge in [0.05, 0.1) is 5.56 Å². The SMILES string of the molecule is CCCn1c(Oc2ccc(F)c(C(F)(F)F)c2)nc2nc(C3CCCC3)[nH]c2c1=O. The zero-order chi connectivity index (χ0) is 21.5. The van der Waals surface area contributed by atoms with Gasteiger partial charge in [-0.15, -0.1) is 0 Å². The number of alkyl halides is 3. The van der Waals surface area contributed by atoms with Crippen LogP contribution in [0.2, 0.25) is 0 Å². The Balaban J connectivity index is 1.78. The maximum Gasteiger partial charge on any atom is 0.419 e. The Morgan fingerprint density at radius 2 is 1.97 bits per heavy atom. The van der Waals surface area contributed by atoms with Crippen molar-refractivity contribution in [1.82, 2.24) is 19.5 Å². The lowest BCUT2D eigenvalue weighted by atomic mass is 10.1. The fourth-order valence-electron chi connectivity index (χ4n) is 3.77. The molecule has 4 rings (SSSR count). The van der Waals surface area contributed by atoms with E-state index in [1.54, 1.807) is 0 Å². The molecule has 0 amide bonds. The molecule has 30 heavy (non-hydrogen) atoms. The van der Waals surface area contributed by atoms with Crippen LogP contribution < -0.4 is 10.3 Å². The Kier molecular flexibility index (Phi) is 5.25. The number of nitrogens with zero attached hydrogens (tertiary/aromatic N) is 3. The lowest BCUT2D eigenvalue weighted by Crippen LogP contribution is -2.23. The second-order valence-electron chi connectivity index (χ2n) is 7.39. The number of aromatic nitrogens is 4. The van der Waals surface area contributed by atoms with Crippen LogP contribution in [-0.2, 0) is 12.7 Å². The number of halogens is 4. The van der Waals surface area contributed by atoms with E-state index >= 15 is 0 Å². The fraction of sp³-hybridized carbons (Fsp3) is 0.450. The predicted octanol–water partition coefficient (Wildman–Crippen LogP) is 5.14. The highest BCUT2D eigenvalue weighted by Crippen LogP contribution is 2.35. The van der Waals surface area contributed by atoms with Crippen LogP contribution in [0.4, 0.5) is 17.6 Å². The highest BCUT2D eigenvalue weighted by Gasteiger charge is 2.34. The molecule has 1 fully saturated rings. The molecule has 0 radical (unpaired) electrons. The van der Waals surface area contributed by atoms with Gasteiger partial charge in [-0.05, 0) is 37.5 Å². The number of imidazole rings is 1. The van der Waals surface area contributed by atoms with Gasteiger partial charge >= 0.3 is 12.2 Å². The normalized spacial score (nSPS) is 15.2. The second-order valence-corrected chi connectivity index (χ2v) is 7.39. The van der Waals surface area contributed by atoms with E-state index in [1.807, 2.05) is 6.92 Å². The van der Waals surface area contributed by atoms with Crippen molar-refractivity contribution in [3.05, 3.63) is 45.8 Å². The van der Waals surface area contributed by atoms with Crippen molar-refractivity contribution in [3.8, 4) is 11.8 Å². The lowest BCUT2D eigenvalue weighted by Gasteiger charge is -2.13. The Labute approximate surface area is 168 Å². The van der Waals surface area contributed by atoms with Gasteiger partial charge in [0.2, 0.25) is 0 Å². The fourth-order valence-corrected chi connectivity index (χ4v) is 3.77. The van der Waals surface area contributed by atoms with Gasteiger partial charge in [-0.2, -0.15) is 18.2 Å². The van der Waals surface area contributed by atoms with Gasteiger partial charge in [-0.1, -0.05) is 19.8 Å². The van der Waals surface area contributed by atoms with Crippen LogP contribution in [-0.4, -0.2) is 19.5 Å². The summed E-state index contributed by atoms with van der Waals surface area (Å²) in [5, 5.41) is 0. The van der Waals surface area contributed by atoms with Crippen molar-refractivity contribution in [2.45, 2.75) is 57.7 Å². The van der Waals surface area contributed by atoms with Gasteiger partial charge in [-0.3, -0.25) is 9.36 Å². The van der Waals surface area contributed by atoms with Crippen LogP contribution in [0.3, 0.4) is 0 Å². The van der Waals surface area contributed by atoms with Crippen LogP contribution in [0, 0.1) is 5.82 Å². The third-order valence-corrected chi connectivity index (χ3v) is 5.24. The molecule has 3 aromatic rings. The van der Waals surface area contributed by atoms with Gasteiger partial charge < -0.3 is 9.72 Å². The maximum absolute atomic E-state index is 13.6. The monoisotopic (exact) mass is 424 g/mol. The third-order valence-electron chi connectivity index (χ3n) is 5.24. The van der Waals surface area contributed by atoms with E-state index in [1.165, 1.54) is 4.57 Å². The third kappa shape index (κ3) is 3.78. The second kappa shape index (κ2) is 7.73. The van der Waals surface area contributed by atoms with Crippen LogP contribution >= 0.6 is 0 Å². The van der Waals surface area contributed by atoms with E-state index in [0.29, 0.717) is 24.4 Å². The molecule has 0 unspecified atom stereocenters. The van der Waals surface area contributed by atoms with Gasteiger partial charge in [0.25, 0.3) is 5.56 Å². The minimum atomic E-state index is -4.87. The van der Waals surface area contributed by atoms with Crippen molar-refractivity contribution >= 4 is 11.2 Å². The average molecular weight is 424 g/mol. The molecule has 1 saturated carbocycles. The summed E-state index contributed by atoms with van der Waals surface area (Å²) >= 11 is 0. The van der Waals surface area contributed by atoms with Gasteiger partial charge in [-0.25, -0.2) is 9.37 Å². The number of hydrogen-bond donors (Lipinski definition) is 1. The number of hydrogen-bond acceptors (Lipinski definition) is 4. The molecule has 1 aliphatic rings. The molecule has 1 aromatic carbocycles. The molecule has 0 bridgehead atoms. The summed E-state index contributed by atoms with van der Waals surface area (Å²) in [5.41, 5.74) is -1.46. The standard InChI is InChI=1S/C20H20F4N4O2/c1-2-9-28-18(29)15-17(26-16(25-15)11-5-3-4-6-11)27-19(28)30-12-7-8-14(21)13(10-12)20(22,23)24/h7-8,10-11H,2-6,9H2,1H3,(H,25,26). The van der Waals surface area contributed by atoms with E-state index in [9.17, 15) is 22.4 Å². The summed E-state index contributed by atoms with van der Waals surface area (Å²) < 4.78 is 59.4. The Hall–Kier alpha value is -2.91. The maximum atomic E-state index is 13.6. The number of benzene rings is 1. The van der Waals surface area contributed by atoms with E-state index in [-0.39, 0.29) is 35.4 Å². The van der Waals surface area contributed by atoms with E-state index in [0.717, 1.165) is 31.7 Å². The topological polar surface area (TPSA) is 72.8 Å². The number of fused-ring (bicyclic) bond motifs is 1. The molecule has 0 aliphatic heterocycles. The summed E-state index contributed by atoms with van der Waals surface area (Å²) in [7, 11) is 0. The summed E-state index contributed by atoms with van der Waals surface area (Å²) in [6.45, 7) is 2.10. The number of nitrogens with one attached hydrogen (secondary N) is 1. The number of ether oxygens (including phenoxy) is 1. The van der Waals surface area contributed by atoms with Crippen LogP contribution in [0.15, 0.2) is 23.0 Å². The summed E-state index contributed by atoms with van der Waals surface area (Å²) in [5.74, 6) is -0.758. The molecule has 0 atom stereocenters. The van der Waals surface area contributed by atoms with Crippen LogP contribution in [0.1, 0.15) is 56.3 Å². The predicted molar refractivity (Wildman–Crippen MR) is 101 cm³/mol. The minimum Gasteiger partial charge on any atom is -0.425 e. The first-order valence-corrected chi connectivity index (χ1v) is 9.83. The van der Waals surface area contributed by atoms with Crippen molar-refractivity contribution in [3.63, 3.8) is 0 Å². The minimum absolute atomic E-state index is 0.155. The van der Waals surface area contributed by atoms with Crippen LogP contribution in [0.5, 0.6) is 11.8 Å². The smallest absolute Gasteiger partial charge is 0.419 e. The van der Waals surface area contributed by atoms with Crippen molar-refractivity contribution in [1.29, 1.82) is 0 Å². The molecular weight excluding hydrogens is 404 g/mol. The number of rotatable bonds is 5. The molecule has 2 aromatic heterocycles. The number of aromatic amines is 1. The first-order chi connectivity index (χ1) is 14.3. The molecule has 0 saturated heterocycles. The Morgan fingerprint density at radius 3 is 2.63 bits per heavy atom. The molecule has 1 N–H and O–H groups in total. The largest absolute Gasteiger partial charge is 0.425 e. The van der Waals surface area contributed by atoms with Gasteiger partial charge in [0.15, 0.2) is 11.2 Å². The highest BCUT2D eigenvalue weighted by atomic mass is 19.4. The van der Waals surface area contributed by atoms with Crippen molar-refractivity contribution < 1.29 is 22.3 Å². The van der Waals surface area contributed by atoms with Gasteiger partial charge in [0.1, 0.15) is 17.4 Å². The molecule has 2 heterocycles. The van der Waals surface area contributed by atoms with Crippen molar-refractivity contribution in [2.75, 3.05) is 0 Å². The Morgan fingerprint density at radius 1 is 1.23 bits per heavy atom. The first kappa shape index (κ1) is 20.4.